The highest BCUT2D eigenvalue weighted by atomic mass is 79.9. The summed E-state index contributed by atoms with van der Waals surface area (Å²) < 4.78 is 18.7. The maximum Gasteiger partial charge on any atom is 0.337 e. The van der Waals surface area contributed by atoms with Gasteiger partial charge in [-0.3, -0.25) is 10.1 Å². The molecule has 0 amide bonds. The predicted molar refractivity (Wildman–Crippen MR) is 72.0 cm³/mol. The average Bonchev–Trinajstić information content (AvgIpc) is 2.42. The van der Waals surface area contributed by atoms with Gasteiger partial charge in [0.2, 0.25) is 0 Å². The monoisotopic (exact) mass is 356 g/mol. The molecule has 0 saturated heterocycles. The van der Waals surface area contributed by atoms with Crippen molar-refractivity contribution in [2.75, 3.05) is 0 Å². The number of hydrogen-bond donors (Lipinski definition) is 1. The highest BCUT2D eigenvalue weighted by Gasteiger charge is 2.21. The number of hydrogen-bond acceptors (Lipinski definition) is 5. The van der Waals surface area contributed by atoms with Gasteiger partial charge in [-0.15, -0.1) is 0 Å². The van der Waals surface area contributed by atoms with Gasteiger partial charge < -0.3 is 9.84 Å². The van der Waals surface area contributed by atoms with Gasteiger partial charge in [0.1, 0.15) is 11.6 Å². The molecular weight excluding hydrogens is 351 g/mol. The smallest absolute Gasteiger partial charge is 0.337 e. The summed E-state index contributed by atoms with van der Waals surface area (Å²) in [6.45, 7) is 0. The molecular formula is C12H6BrFN2O5. The second kappa shape index (κ2) is 5.83. The molecule has 21 heavy (non-hydrogen) atoms. The molecule has 0 spiro atoms. The van der Waals surface area contributed by atoms with Crippen LogP contribution in [0.25, 0.3) is 0 Å². The van der Waals surface area contributed by atoms with Crippen LogP contribution in [0.15, 0.2) is 34.9 Å². The first-order chi connectivity index (χ1) is 9.88. The van der Waals surface area contributed by atoms with Crippen molar-refractivity contribution in [3.05, 3.63) is 56.4 Å². The number of aromatic nitrogens is 1. The van der Waals surface area contributed by atoms with E-state index in [-0.39, 0.29) is 11.3 Å². The first-order valence-corrected chi connectivity index (χ1v) is 6.18. The van der Waals surface area contributed by atoms with E-state index in [9.17, 15) is 19.3 Å². The zero-order valence-electron chi connectivity index (χ0n) is 10.1. The summed E-state index contributed by atoms with van der Waals surface area (Å²) in [5, 5.41) is 19.7. The van der Waals surface area contributed by atoms with Crippen LogP contribution < -0.4 is 4.74 Å². The van der Waals surface area contributed by atoms with E-state index in [4.69, 9.17) is 9.84 Å². The zero-order chi connectivity index (χ0) is 15.6. The Bertz CT molecular complexity index is 738. The van der Waals surface area contributed by atoms with Gasteiger partial charge in [-0.2, -0.15) is 0 Å². The predicted octanol–water partition coefficient (Wildman–Crippen LogP) is 3.38. The number of carbonyl (C=O) groups is 1. The van der Waals surface area contributed by atoms with Gasteiger partial charge in [-0.25, -0.2) is 14.2 Å². The summed E-state index contributed by atoms with van der Waals surface area (Å²) in [6, 6.07) is 4.37. The lowest BCUT2D eigenvalue weighted by atomic mass is 10.2. The molecule has 9 heteroatoms. The fraction of sp³-hybridized carbons (Fsp3) is 0. The Morgan fingerprint density at radius 3 is 2.76 bits per heavy atom. The maximum atomic E-state index is 13.1. The molecule has 0 radical (unpaired) electrons. The molecule has 0 fully saturated rings. The van der Waals surface area contributed by atoms with E-state index in [1.165, 1.54) is 12.1 Å². The molecule has 1 N–H and O–H groups in total. The summed E-state index contributed by atoms with van der Waals surface area (Å²) in [6.07, 6.45) is 0.915. The summed E-state index contributed by atoms with van der Waals surface area (Å²) in [4.78, 5) is 24.5. The fourth-order valence-corrected chi connectivity index (χ4v) is 1.75. The van der Waals surface area contributed by atoms with Crippen molar-refractivity contribution in [1.82, 2.24) is 4.98 Å². The Hall–Kier alpha value is -2.55. The summed E-state index contributed by atoms with van der Waals surface area (Å²) >= 11 is 3.10. The molecule has 1 aromatic heterocycles. The normalized spacial score (nSPS) is 10.2. The van der Waals surface area contributed by atoms with E-state index in [0.29, 0.717) is 4.47 Å². The lowest BCUT2D eigenvalue weighted by molar-refractivity contribution is -0.386. The molecule has 0 aliphatic heterocycles. The van der Waals surface area contributed by atoms with E-state index in [0.717, 1.165) is 18.3 Å². The van der Waals surface area contributed by atoms with Gasteiger partial charge >= 0.3 is 11.7 Å². The quantitative estimate of drug-likeness (QED) is 0.665. The highest BCUT2D eigenvalue weighted by molar-refractivity contribution is 9.10. The number of ether oxygens (including phenoxy) is 1. The molecule has 2 rings (SSSR count). The van der Waals surface area contributed by atoms with Crippen LogP contribution in [-0.2, 0) is 0 Å². The molecule has 0 saturated carbocycles. The van der Waals surface area contributed by atoms with Crippen molar-refractivity contribution in [2.45, 2.75) is 0 Å². The molecule has 0 bridgehead atoms. The molecule has 1 heterocycles. The Morgan fingerprint density at radius 2 is 2.14 bits per heavy atom. The van der Waals surface area contributed by atoms with E-state index >= 15 is 0 Å². The number of nitrogens with zero attached hydrogens (tertiary/aromatic N) is 2. The van der Waals surface area contributed by atoms with E-state index in [1.54, 1.807) is 0 Å². The minimum absolute atomic E-state index is 0.0197. The third-order valence-electron chi connectivity index (χ3n) is 2.38. The van der Waals surface area contributed by atoms with Crippen LogP contribution >= 0.6 is 15.9 Å². The number of aromatic carboxylic acids is 1. The van der Waals surface area contributed by atoms with Crippen LogP contribution in [0.4, 0.5) is 10.1 Å². The topological polar surface area (TPSA) is 103 Å². The van der Waals surface area contributed by atoms with Crippen LogP contribution in [0.2, 0.25) is 0 Å². The number of carboxylic acids is 1. The van der Waals surface area contributed by atoms with Crippen LogP contribution in [-0.4, -0.2) is 21.0 Å². The second-order valence-corrected chi connectivity index (χ2v) is 4.64. The molecule has 0 atom stereocenters. The Morgan fingerprint density at radius 1 is 1.43 bits per heavy atom. The van der Waals surface area contributed by atoms with Crippen LogP contribution in [0.3, 0.4) is 0 Å². The second-order valence-electron chi connectivity index (χ2n) is 3.79. The van der Waals surface area contributed by atoms with E-state index in [1.807, 2.05) is 0 Å². The van der Waals surface area contributed by atoms with E-state index < -0.39 is 28.3 Å². The molecule has 0 unspecified atom stereocenters. The van der Waals surface area contributed by atoms with Crippen molar-refractivity contribution in [1.29, 1.82) is 0 Å². The number of halogens is 2. The molecule has 7 nitrogen and oxygen atoms in total. The lowest BCUT2D eigenvalue weighted by Gasteiger charge is -2.07. The molecule has 108 valence electrons. The average molecular weight is 357 g/mol. The summed E-state index contributed by atoms with van der Waals surface area (Å²) in [5.41, 5.74) is -0.988. The van der Waals surface area contributed by atoms with Gasteiger partial charge in [-0.05, 0) is 28.1 Å². The van der Waals surface area contributed by atoms with Gasteiger partial charge in [0.25, 0.3) is 5.88 Å². The first-order valence-electron chi connectivity index (χ1n) is 5.39. The highest BCUT2D eigenvalue weighted by Crippen LogP contribution is 2.34. The third kappa shape index (κ3) is 3.31. The molecule has 2 aromatic rings. The van der Waals surface area contributed by atoms with Crippen LogP contribution in [0, 0.1) is 15.9 Å². The molecule has 0 aliphatic carbocycles. The van der Waals surface area contributed by atoms with Crippen molar-refractivity contribution < 1.29 is 24.0 Å². The van der Waals surface area contributed by atoms with Gasteiger partial charge in [0, 0.05) is 18.3 Å². The Balaban J connectivity index is 2.46. The molecule has 0 aliphatic rings. The van der Waals surface area contributed by atoms with Crippen LogP contribution in [0.5, 0.6) is 11.6 Å². The minimum Gasteiger partial charge on any atom is -0.478 e. The lowest BCUT2D eigenvalue weighted by Crippen LogP contribution is -2.02. The van der Waals surface area contributed by atoms with Crippen molar-refractivity contribution in [2.24, 2.45) is 0 Å². The van der Waals surface area contributed by atoms with Crippen molar-refractivity contribution in [3.8, 4) is 11.6 Å². The Labute approximate surface area is 125 Å². The summed E-state index contributed by atoms with van der Waals surface area (Å²) in [5.74, 6) is -2.41. The number of nitro groups is 1. The zero-order valence-corrected chi connectivity index (χ0v) is 11.7. The van der Waals surface area contributed by atoms with Gasteiger partial charge in [0.15, 0.2) is 0 Å². The number of benzene rings is 1. The Kier molecular flexibility index (Phi) is 4.13. The van der Waals surface area contributed by atoms with Gasteiger partial charge in [-0.1, -0.05) is 0 Å². The number of pyridine rings is 1. The van der Waals surface area contributed by atoms with Crippen LogP contribution in [0.1, 0.15) is 10.4 Å². The summed E-state index contributed by atoms with van der Waals surface area (Å²) in [7, 11) is 0. The SMILES string of the molecule is O=C(O)c1cnc(Oc2cc(F)ccc2Br)c([N+](=O)[O-])c1. The first kappa shape index (κ1) is 14.9. The van der Waals surface area contributed by atoms with Crippen molar-refractivity contribution in [3.63, 3.8) is 0 Å². The largest absolute Gasteiger partial charge is 0.478 e. The third-order valence-corrected chi connectivity index (χ3v) is 3.03. The van der Waals surface area contributed by atoms with Crippen molar-refractivity contribution >= 4 is 27.6 Å². The minimum atomic E-state index is -1.36. The standard InChI is InChI=1S/C12H6BrFN2O5/c13-8-2-1-7(14)4-10(8)21-11-9(16(19)20)3-6(5-15-11)12(17)18/h1-5H,(H,17,18). The molecule has 1 aromatic carbocycles. The maximum absolute atomic E-state index is 13.1. The number of rotatable bonds is 4. The number of carboxylic acid groups (broad SMARTS) is 1. The van der Waals surface area contributed by atoms with Gasteiger partial charge in [0.05, 0.1) is 15.0 Å². The van der Waals surface area contributed by atoms with E-state index in [2.05, 4.69) is 20.9 Å². The fourth-order valence-electron chi connectivity index (χ4n) is 1.43.